The summed E-state index contributed by atoms with van der Waals surface area (Å²) in [7, 11) is 0. The first-order valence-corrected chi connectivity index (χ1v) is 4.87. The molecular formula is C10H23N. The lowest BCUT2D eigenvalue weighted by molar-refractivity contribution is 0.259. The van der Waals surface area contributed by atoms with Gasteiger partial charge in [0.25, 0.3) is 0 Å². The monoisotopic (exact) mass is 157 g/mol. The normalized spacial score (nSPS) is 19.4. The zero-order valence-corrected chi connectivity index (χ0v) is 8.48. The van der Waals surface area contributed by atoms with E-state index in [2.05, 4.69) is 27.7 Å². The van der Waals surface area contributed by atoms with E-state index in [4.69, 9.17) is 5.73 Å². The van der Waals surface area contributed by atoms with E-state index in [-0.39, 0.29) is 5.54 Å². The second-order valence-corrected chi connectivity index (χ2v) is 3.75. The van der Waals surface area contributed by atoms with E-state index in [9.17, 15) is 0 Å². The van der Waals surface area contributed by atoms with Gasteiger partial charge in [0.15, 0.2) is 0 Å². The van der Waals surface area contributed by atoms with Crippen molar-refractivity contribution in [3.8, 4) is 0 Å². The third-order valence-electron chi connectivity index (χ3n) is 2.82. The highest BCUT2D eigenvalue weighted by molar-refractivity contribution is 4.84. The van der Waals surface area contributed by atoms with Gasteiger partial charge in [-0.15, -0.1) is 0 Å². The summed E-state index contributed by atoms with van der Waals surface area (Å²) in [5.74, 6) is 0.706. The Hall–Kier alpha value is -0.0400. The van der Waals surface area contributed by atoms with Crippen molar-refractivity contribution in [2.24, 2.45) is 11.7 Å². The minimum atomic E-state index is 0.0603. The van der Waals surface area contributed by atoms with E-state index in [1.165, 1.54) is 19.3 Å². The molecule has 1 nitrogen and oxygen atoms in total. The van der Waals surface area contributed by atoms with Crippen molar-refractivity contribution in [1.29, 1.82) is 0 Å². The molecule has 0 heterocycles. The lowest BCUT2D eigenvalue weighted by Gasteiger charge is -2.32. The molecule has 0 radical (unpaired) electrons. The maximum Gasteiger partial charge on any atom is 0.0151 e. The third-order valence-corrected chi connectivity index (χ3v) is 2.82. The molecule has 2 N–H and O–H groups in total. The van der Waals surface area contributed by atoms with Crippen LogP contribution >= 0.6 is 0 Å². The molecule has 0 bridgehead atoms. The Morgan fingerprint density at radius 2 is 1.82 bits per heavy atom. The van der Waals surface area contributed by atoms with Crippen molar-refractivity contribution < 1.29 is 0 Å². The molecule has 0 aromatic rings. The topological polar surface area (TPSA) is 26.0 Å². The second kappa shape index (κ2) is 4.76. The van der Waals surface area contributed by atoms with Gasteiger partial charge >= 0.3 is 0 Å². The van der Waals surface area contributed by atoms with Crippen LogP contribution in [0, 0.1) is 5.92 Å². The number of rotatable bonds is 5. The predicted molar refractivity (Wildman–Crippen MR) is 51.6 cm³/mol. The molecule has 2 atom stereocenters. The number of nitrogens with two attached hydrogens (primary N) is 1. The van der Waals surface area contributed by atoms with Crippen molar-refractivity contribution in [2.75, 3.05) is 0 Å². The minimum absolute atomic E-state index is 0.0603. The van der Waals surface area contributed by atoms with Gasteiger partial charge in [-0.05, 0) is 25.7 Å². The van der Waals surface area contributed by atoms with Crippen LogP contribution in [0.1, 0.15) is 53.4 Å². The van der Waals surface area contributed by atoms with Crippen LogP contribution in [0.2, 0.25) is 0 Å². The molecule has 68 valence electrons. The van der Waals surface area contributed by atoms with Crippen LogP contribution in [0.25, 0.3) is 0 Å². The second-order valence-electron chi connectivity index (χ2n) is 3.75. The molecule has 0 amide bonds. The average molecular weight is 157 g/mol. The summed E-state index contributed by atoms with van der Waals surface area (Å²) in [5, 5.41) is 0. The minimum Gasteiger partial charge on any atom is -0.325 e. The van der Waals surface area contributed by atoms with Crippen LogP contribution < -0.4 is 5.73 Å². The molecule has 0 rings (SSSR count). The van der Waals surface area contributed by atoms with Crippen LogP contribution in [0.3, 0.4) is 0 Å². The van der Waals surface area contributed by atoms with Gasteiger partial charge in [-0.1, -0.05) is 33.6 Å². The molecule has 0 fully saturated rings. The van der Waals surface area contributed by atoms with Gasteiger partial charge in [0.1, 0.15) is 0 Å². The van der Waals surface area contributed by atoms with E-state index >= 15 is 0 Å². The average Bonchev–Trinajstić information content (AvgIpc) is 2.00. The summed E-state index contributed by atoms with van der Waals surface area (Å²) in [5.41, 5.74) is 6.22. The van der Waals surface area contributed by atoms with E-state index < -0.39 is 0 Å². The molecule has 2 unspecified atom stereocenters. The van der Waals surface area contributed by atoms with Crippen LogP contribution in [-0.4, -0.2) is 5.54 Å². The van der Waals surface area contributed by atoms with Crippen LogP contribution in [-0.2, 0) is 0 Å². The first-order chi connectivity index (χ1) is 5.08. The Kier molecular flexibility index (Phi) is 4.74. The van der Waals surface area contributed by atoms with Gasteiger partial charge in [-0.3, -0.25) is 0 Å². The first-order valence-electron chi connectivity index (χ1n) is 4.87. The molecule has 0 aromatic heterocycles. The van der Waals surface area contributed by atoms with Gasteiger partial charge in [0, 0.05) is 5.54 Å². The van der Waals surface area contributed by atoms with Gasteiger partial charge in [-0.25, -0.2) is 0 Å². The highest BCUT2D eigenvalue weighted by Crippen LogP contribution is 2.25. The summed E-state index contributed by atoms with van der Waals surface area (Å²) in [4.78, 5) is 0. The standard InChI is InChI=1S/C10H23N/c1-5-8-9(6-2)10(4,11)7-3/h9H,5-8,11H2,1-4H3. The highest BCUT2D eigenvalue weighted by Gasteiger charge is 2.25. The number of hydrogen-bond acceptors (Lipinski definition) is 1. The predicted octanol–water partition coefficient (Wildman–Crippen LogP) is 2.94. The quantitative estimate of drug-likeness (QED) is 0.652. The molecule has 0 aliphatic rings. The maximum atomic E-state index is 6.16. The maximum absolute atomic E-state index is 6.16. The van der Waals surface area contributed by atoms with Gasteiger partial charge in [-0.2, -0.15) is 0 Å². The molecule has 0 aliphatic heterocycles. The van der Waals surface area contributed by atoms with E-state index in [1.807, 2.05) is 0 Å². The molecule has 0 saturated carbocycles. The van der Waals surface area contributed by atoms with Crippen molar-refractivity contribution >= 4 is 0 Å². The van der Waals surface area contributed by atoms with E-state index in [0.717, 1.165) is 6.42 Å². The lowest BCUT2D eigenvalue weighted by Crippen LogP contribution is -2.43. The van der Waals surface area contributed by atoms with Gasteiger partial charge in [0.2, 0.25) is 0 Å². The third kappa shape index (κ3) is 3.24. The highest BCUT2D eigenvalue weighted by atomic mass is 14.7. The zero-order valence-electron chi connectivity index (χ0n) is 8.48. The summed E-state index contributed by atoms with van der Waals surface area (Å²) >= 11 is 0. The largest absolute Gasteiger partial charge is 0.325 e. The Morgan fingerprint density at radius 1 is 1.27 bits per heavy atom. The fourth-order valence-corrected chi connectivity index (χ4v) is 1.64. The summed E-state index contributed by atoms with van der Waals surface area (Å²) in [6.45, 7) is 8.82. The number of hydrogen-bond donors (Lipinski definition) is 1. The molecule has 11 heavy (non-hydrogen) atoms. The fraction of sp³-hybridized carbons (Fsp3) is 1.00. The SMILES string of the molecule is CCCC(CC)C(C)(N)CC. The smallest absolute Gasteiger partial charge is 0.0151 e. The fourth-order valence-electron chi connectivity index (χ4n) is 1.64. The van der Waals surface area contributed by atoms with Gasteiger partial charge < -0.3 is 5.73 Å². The van der Waals surface area contributed by atoms with E-state index in [0.29, 0.717) is 5.92 Å². The van der Waals surface area contributed by atoms with Crippen molar-refractivity contribution in [2.45, 2.75) is 58.9 Å². The van der Waals surface area contributed by atoms with Crippen molar-refractivity contribution in [3.05, 3.63) is 0 Å². The summed E-state index contributed by atoms with van der Waals surface area (Å²) in [6.07, 6.45) is 4.84. The molecule has 0 saturated heterocycles. The first kappa shape index (κ1) is 11.0. The molecule has 0 aliphatic carbocycles. The Morgan fingerprint density at radius 3 is 2.09 bits per heavy atom. The molecule has 0 spiro atoms. The van der Waals surface area contributed by atoms with Crippen LogP contribution in [0.5, 0.6) is 0 Å². The Balaban J connectivity index is 3.99. The van der Waals surface area contributed by atoms with Crippen LogP contribution in [0.15, 0.2) is 0 Å². The molecule has 0 aromatic carbocycles. The summed E-state index contributed by atoms with van der Waals surface area (Å²) < 4.78 is 0. The van der Waals surface area contributed by atoms with Crippen LogP contribution in [0.4, 0.5) is 0 Å². The molecular weight excluding hydrogens is 134 g/mol. The Bertz CT molecular complexity index is 97.0. The molecule has 1 heteroatoms. The summed E-state index contributed by atoms with van der Waals surface area (Å²) in [6, 6.07) is 0. The van der Waals surface area contributed by atoms with E-state index in [1.54, 1.807) is 0 Å². The lowest BCUT2D eigenvalue weighted by atomic mass is 9.80. The Labute approximate surface area is 71.4 Å². The zero-order chi connectivity index (χ0) is 8.91. The van der Waals surface area contributed by atoms with Gasteiger partial charge in [0.05, 0.1) is 0 Å². The van der Waals surface area contributed by atoms with Crippen molar-refractivity contribution in [3.63, 3.8) is 0 Å². The van der Waals surface area contributed by atoms with Crippen molar-refractivity contribution in [1.82, 2.24) is 0 Å².